The van der Waals surface area contributed by atoms with Gasteiger partial charge in [-0.3, -0.25) is 9.59 Å². The third-order valence-electron chi connectivity index (χ3n) is 7.28. The summed E-state index contributed by atoms with van der Waals surface area (Å²) in [4.78, 5) is 29.5. The van der Waals surface area contributed by atoms with Crippen molar-refractivity contribution in [1.82, 2.24) is 10.2 Å². The third-order valence-corrected chi connectivity index (χ3v) is 7.64. The Morgan fingerprint density at radius 2 is 1.66 bits per heavy atom. The normalized spacial score (nSPS) is 14.5. The minimum absolute atomic E-state index is 0.0764. The van der Waals surface area contributed by atoms with Gasteiger partial charge in [0, 0.05) is 30.5 Å². The molecule has 1 aliphatic carbocycles. The van der Waals surface area contributed by atoms with Crippen LogP contribution in [0.15, 0.2) is 78.9 Å². The summed E-state index contributed by atoms with van der Waals surface area (Å²) in [6.07, 6.45) is 6.64. The van der Waals surface area contributed by atoms with Gasteiger partial charge in [-0.1, -0.05) is 91.5 Å². The molecule has 3 aromatic carbocycles. The SMILES string of the molecule is COc1cccc(CN(C(=O)CCc2ccccc2Cl)[C@@H](Cc2ccccc2)C(=O)NC2CCCCC2)c1. The molecule has 1 aliphatic rings. The van der Waals surface area contributed by atoms with Crippen molar-refractivity contribution < 1.29 is 14.3 Å². The predicted octanol–water partition coefficient (Wildman–Crippen LogP) is 6.37. The second kappa shape index (κ2) is 14.0. The number of rotatable bonds is 11. The highest BCUT2D eigenvalue weighted by Gasteiger charge is 2.32. The van der Waals surface area contributed by atoms with Crippen LogP contribution in [0.3, 0.4) is 0 Å². The van der Waals surface area contributed by atoms with E-state index in [0.29, 0.717) is 24.4 Å². The first kappa shape index (κ1) is 27.7. The van der Waals surface area contributed by atoms with Crippen LogP contribution in [0, 0.1) is 0 Å². The van der Waals surface area contributed by atoms with Gasteiger partial charge in [-0.05, 0) is 54.2 Å². The van der Waals surface area contributed by atoms with Crippen molar-refractivity contribution >= 4 is 23.4 Å². The zero-order chi connectivity index (χ0) is 26.7. The Bertz CT molecular complexity index is 1190. The van der Waals surface area contributed by atoms with Crippen LogP contribution in [0.1, 0.15) is 55.2 Å². The molecule has 0 aromatic heterocycles. The van der Waals surface area contributed by atoms with Gasteiger partial charge in [-0.15, -0.1) is 0 Å². The van der Waals surface area contributed by atoms with Crippen molar-refractivity contribution in [3.63, 3.8) is 0 Å². The highest BCUT2D eigenvalue weighted by Crippen LogP contribution is 2.23. The van der Waals surface area contributed by atoms with Gasteiger partial charge < -0.3 is 15.0 Å². The standard InChI is InChI=1S/C32H37ClN2O3/c1-38-28-17-10-13-25(21-28)23-35(31(36)20-19-26-14-8-9-18-29(26)33)30(22-24-11-4-2-5-12-24)32(37)34-27-15-6-3-7-16-27/h2,4-5,8-14,17-18,21,27,30H,3,6-7,15-16,19-20,22-23H2,1H3,(H,34,37)/t30-/m0/s1. The van der Waals surface area contributed by atoms with E-state index in [-0.39, 0.29) is 24.3 Å². The lowest BCUT2D eigenvalue weighted by atomic mass is 9.94. The molecule has 4 rings (SSSR count). The molecule has 0 unspecified atom stereocenters. The lowest BCUT2D eigenvalue weighted by Gasteiger charge is -2.33. The molecular weight excluding hydrogens is 496 g/mol. The number of hydrogen-bond donors (Lipinski definition) is 1. The molecule has 1 N–H and O–H groups in total. The largest absolute Gasteiger partial charge is 0.497 e. The van der Waals surface area contributed by atoms with Gasteiger partial charge in [-0.2, -0.15) is 0 Å². The molecule has 0 spiro atoms. The number of nitrogens with one attached hydrogen (secondary N) is 1. The van der Waals surface area contributed by atoms with Crippen molar-refractivity contribution in [1.29, 1.82) is 0 Å². The first-order chi connectivity index (χ1) is 18.5. The molecule has 38 heavy (non-hydrogen) atoms. The van der Waals surface area contributed by atoms with Crippen molar-refractivity contribution in [2.24, 2.45) is 0 Å². The van der Waals surface area contributed by atoms with Gasteiger partial charge in [0.25, 0.3) is 0 Å². The van der Waals surface area contributed by atoms with E-state index in [1.807, 2.05) is 78.9 Å². The maximum absolute atomic E-state index is 13.9. The van der Waals surface area contributed by atoms with Gasteiger partial charge in [-0.25, -0.2) is 0 Å². The molecular formula is C32H37ClN2O3. The number of hydrogen-bond acceptors (Lipinski definition) is 3. The Morgan fingerprint density at radius 1 is 0.947 bits per heavy atom. The average molecular weight is 533 g/mol. The summed E-state index contributed by atoms with van der Waals surface area (Å²) in [6, 6.07) is 24.7. The molecule has 6 heteroatoms. The molecule has 1 saturated carbocycles. The van der Waals surface area contributed by atoms with Crippen LogP contribution in [0.5, 0.6) is 5.75 Å². The van der Waals surface area contributed by atoms with Crippen molar-refractivity contribution in [2.75, 3.05) is 7.11 Å². The Labute approximate surface area is 231 Å². The molecule has 0 radical (unpaired) electrons. The van der Waals surface area contributed by atoms with E-state index in [1.165, 1.54) is 6.42 Å². The van der Waals surface area contributed by atoms with Gasteiger partial charge in [0.1, 0.15) is 11.8 Å². The number of halogens is 1. The monoisotopic (exact) mass is 532 g/mol. The second-order valence-electron chi connectivity index (χ2n) is 10.0. The molecule has 0 bridgehead atoms. The summed E-state index contributed by atoms with van der Waals surface area (Å²) in [7, 11) is 1.63. The quantitative estimate of drug-likeness (QED) is 0.312. The van der Waals surface area contributed by atoms with Crippen molar-refractivity contribution in [3.8, 4) is 5.75 Å². The fourth-order valence-corrected chi connectivity index (χ4v) is 5.38. The van der Waals surface area contributed by atoms with E-state index in [9.17, 15) is 9.59 Å². The number of carbonyl (C=O) groups excluding carboxylic acids is 2. The zero-order valence-corrected chi connectivity index (χ0v) is 22.8. The van der Waals surface area contributed by atoms with Gasteiger partial charge in [0.05, 0.1) is 7.11 Å². The summed E-state index contributed by atoms with van der Waals surface area (Å²) in [6.45, 7) is 0.314. The van der Waals surface area contributed by atoms with E-state index in [4.69, 9.17) is 16.3 Å². The van der Waals surface area contributed by atoms with Crippen LogP contribution < -0.4 is 10.1 Å². The molecule has 1 atom stereocenters. The van der Waals surface area contributed by atoms with Crippen LogP contribution in [0.25, 0.3) is 0 Å². The third kappa shape index (κ3) is 7.84. The Hall–Kier alpha value is -3.31. The Kier molecular flexibility index (Phi) is 10.2. The predicted molar refractivity (Wildman–Crippen MR) is 152 cm³/mol. The van der Waals surface area contributed by atoms with Crippen LogP contribution in [-0.4, -0.2) is 35.9 Å². The van der Waals surface area contributed by atoms with Crippen molar-refractivity contribution in [3.05, 3.63) is 101 Å². The number of nitrogens with zero attached hydrogens (tertiary/aromatic N) is 1. The molecule has 5 nitrogen and oxygen atoms in total. The minimum atomic E-state index is -0.635. The number of methoxy groups -OCH3 is 1. The number of aryl methyl sites for hydroxylation is 1. The summed E-state index contributed by atoms with van der Waals surface area (Å²) >= 11 is 6.38. The fraction of sp³-hybridized carbons (Fsp3) is 0.375. The molecule has 200 valence electrons. The summed E-state index contributed by atoms with van der Waals surface area (Å²) in [5, 5.41) is 3.94. The molecule has 0 heterocycles. The van der Waals surface area contributed by atoms with Crippen LogP contribution in [0.4, 0.5) is 0 Å². The smallest absolute Gasteiger partial charge is 0.243 e. The zero-order valence-electron chi connectivity index (χ0n) is 22.1. The summed E-state index contributed by atoms with van der Waals surface area (Å²) in [5.41, 5.74) is 2.86. The second-order valence-corrected chi connectivity index (χ2v) is 10.4. The summed E-state index contributed by atoms with van der Waals surface area (Å²) in [5.74, 6) is 0.555. The number of benzene rings is 3. The van der Waals surface area contributed by atoms with Crippen LogP contribution in [0.2, 0.25) is 5.02 Å². The van der Waals surface area contributed by atoms with E-state index in [2.05, 4.69) is 5.32 Å². The summed E-state index contributed by atoms with van der Waals surface area (Å²) < 4.78 is 5.42. The van der Waals surface area contributed by atoms with Gasteiger partial charge in [0.15, 0.2) is 0 Å². The lowest BCUT2D eigenvalue weighted by Crippen LogP contribution is -2.52. The minimum Gasteiger partial charge on any atom is -0.497 e. The van der Waals surface area contributed by atoms with Crippen LogP contribution >= 0.6 is 11.6 Å². The maximum Gasteiger partial charge on any atom is 0.243 e. The molecule has 1 fully saturated rings. The highest BCUT2D eigenvalue weighted by atomic mass is 35.5. The first-order valence-corrected chi connectivity index (χ1v) is 13.9. The van der Waals surface area contributed by atoms with E-state index in [1.54, 1.807) is 12.0 Å². The van der Waals surface area contributed by atoms with Gasteiger partial charge >= 0.3 is 0 Å². The van der Waals surface area contributed by atoms with Crippen molar-refractivity contribution in [2.45, 2.75) is 70.0 Å². The van der Waals surface area contributed by atoms with E-state index >= 15 is 0 Å². The lowest BCUT2D eigenvalue weighted by molar-refractivity contribution is -0.141. The maximum atomic E-state index is 13.9. The average Bonchev–Trinajstić information content (AvgIpc) is 2.95. The van der Waals surface area contributed by atoms with Gasteiger partial charge in [0.2, 0.25) is 11.8 Å². The molecule has 2 amide bonds. The number of carbonyl (C=O) groups is 2. The van der Waals surface area contributed by atoms with E-state index < -0.39 is 6.04 Å². The molecule has 0 saturated heterocycles. The Balaban J connectivity index is 1.63. The molecule has 3 aromatic rings. The van der Waals surface area contributed by atoms with Crippen LogP contribution in [-0.2, 0) is 29.0 Å². The van der Waals surface area contributed by atoms with E-state index in [0.717, 1.165) is 48.1 Å². The number of ether oxygens (including phenoxy) is 1. The Morgan fingerprint density at radius 3 is 2.39 bits per heavy atom. The topological polar surface area (TPSA) is 58.6 Å². The first-order valence-electron chi connectivity index (χ1n) is 13.5. The fourth-order valence-electron chi connectivity index (χ4n) is 5.15. The molecule has 0 aliphatic heterocycles. The number of amides is 2. The highest BCUT2D eigenvalue weighted by molar-refractivity contribution is 6.31.